The van der Waals surface area contributed by atoms with Crippen LogP contribution in [0.1, 0.15) is 12.0 Å². The molecule has 2 heterocycles. The first-order chi connectivity index (χ1) is 7.83. The van der Waals surface area contributed by atoms with Gasteiger partial charge < -0.3 is 9.84 Å². The second-order valence-electron chi connectivity index (χ2n) is 4.71. The Morgan fingerprint density at radius 1 is 1.31 bits per heavy atom. The molecule has 86 valence electrons. The predicted molar refractivity (Wildman–Crippen MR) is 61.6 cm³/mol. The molecule has 0 saturated carbocycles. The molecule has 0 amide bonds. The second-order valence-corrected chi connectivity index (χ2v) is 4.71. The van der Waals surface area contributed by atoms with E-state index in [4.69, 9.17) is 4.74 Å². The van der Waals surface area contributed by atoms with Crippen LogP contribution in [0.25, 0.3) is 0 Å². The van der Waals surface area contributed by atoms with Crippen LogP contribution < -0.4 is 4.74 Å². The van der Waals surface area contributed by atoms with E-state index in [1.54, 1.807) is 0 Å². The molecule has 0 aliphatic carbocycles. The molecule has 0 bridgehead atoms. The second kappa shape index (κ2) is 4.07. The lowest BCUT2D eigenvalue weighted by molar-refractivity contribution is 0.118. The normalized spacial score (nSPS) is 29.8. The first-order valence-electron chi connectivity index (χ1n) is 5.96. The number of nitrogens with zero attached hydrogens (tertiary/aromatic N) is 1. The van der Waals surface area contributed by atoms with Gasteiger partial charge in [0.2, 0.25) is 0 Å². The van der Waals surface area contributed by atoms with Crippen LogP contribution in [0.15, 0.2) is 24.3 Å². The van der Waals surface area contributed by atoms with Crippen LogP contribution >= 0.6 is 0 Å². The van der Waals surface area contributed by atoms with Crippen LogP contribution in [0, 0.1) is 0 Å². The molecule has 1 aromatic carbocycles. The zero-order chi connectivity index (χ0) is 11.0. The van der Waals surface area contributed by atoms with E-state index in [-0.39, 0.29) is 6.10 Å². The summed E-state index contributed by atoms with van der Waals surface area (Å²) in [5, 5.41) is 9.54. The Hall–Kier alpha value is -1.06. The van der Waals surface area contributed by atoms with Crippen molar-refractivity contribution in [2.24, 2.45) is 0 Å². The van der Waals surface area contributed by atoms with Gasteiger partial charge in [0.15, 0.2) is 0 Å². The summed E-state index contributed by atoms with van der Waals surface area (Å²) >= 11 is 0. The first kappa shape index (κ1) is 10.1. The molecular weight excluding hydrogens is 202 g/mol. The van der Waals surface area contributed by atoms with Gasteiger partial charge in [-0.3, -0.25) is 4.90 Å². The van der Waals surface area contributed by atoms with E-state index in [1.165, 1.54) is 5.56 Å². The van der Waals surface area contributed by atoms with Gasteiger partial charge in [-0.25, -0.2) is 0 Å². The Morgan fingerprint density at radius 2 is 2.19 bits per heavy atom. The molecule has 2 aliphatic rings. The largest absolute Gasteiger partial charge is 0.492 e. The fourth-order valence-corrected chi connectivity index (χ4v) is 2.65. The van der Waals surface area contributed by atoms with Crippen molar-refractivity contribution in [1.29, 1.82) is 0 Å². The van der Waals surface area contributed by atoms with Gasteiger partial charge in [-0.2, -0.15) is 0 Å². The number of aliphatic hydroxyl groups is 1. The van der Waals surface area contributed by atoms with E-state index in [0.29, 0.717) is 6.04 Å². The molecule has 1 aromatic rings. The Balaban J connectivity index is 1.73. The number of ether oxygens (including phenoxy) is 1. The predicted octanol–water partition coefficient (Wildman–Crippen LogP) is 1.06. The molecule has 2 aliphatic heterocycles. The fraction of sp³-hybridized carbons (Fsp3) is 0.538. The lowest BCUT2D eigenvalue weighted by Crippen LogP contribution is -2.42. The van der Waals surface area contributed by atoms with Crippen molar-refractivity contribution < 1.29 is 9.84 Å². The van der Waals surface area contributed by atoms with Crippen molar-refractivity contribution in [3.8, 4) is 5.75 Å². The number of aliphatic hydroxyl groups excluding tert-OH is 1. The van der Waals surface area contributed by atoms with Gasteiger partial charge in [0.1, 0.15) is 12.4 Å². The van der Waals surface area contributed by atoms with Gasteiger partial charge in [0.25, 0.3) is 0 Å². The van der Waals surface area contributed by atoms with Crippen LogP contribution in [0.3, 0.4) is 0 Å². The topological polar surface area (TPSA) is 32.7 Å². The fourth-order valence-electron chi connectivity index (χ4n) is 2.65. The Morgan fingerprint density at radius 3 is 3.00 bits per heavy atom. The van der Waals surface area contributed by atoms with E-state index in [0.717, 1.165) is 38.3 Å². The van der Waals surface area contributed by atoms with Gasteiger partial charge in [-0.05, 0) is 24.5 Å². The number of fused-ring (bicyclic) bond motifs is 1. The van der Waals surface area contributed by atoms with E-state index >= 15 is 0 Å². The Kier molecular flexibility index (Phi) is 2.58. The highest BCUT2D eigenvalue weighted by atomic mass is 16.5. The van der Waals surface area contributed by atoms with Crippen molar-refractivity contribution in [2.45, 2.75) is 25.0 Å². The van der Waals surface area contributed by atoms with Gasteiger partial charge in [-0.1, -0.05) is 18.2 Å². The minimum absolute atomic E-state index is 0.142. The molecule has 3 nitrogen and oxygen atoms in total. The molecule has 1 fully saturated rings. The highest BCUT2D eigenvalue weighted by Crippen LogP contribution is 2.27. The van der Waals surface area contributed by atoms with Crippen LogP contribution in [-0.4, -0.2) is 41.8 Å². The molecular formula is C13H17NO2. The highest BCUT2D eigenvalue weighted by molar-refractivity contribution is 5.35. The maximum absolute atomic E-state index is 9.54. The van der Waals surface area contributed by atoms with Crippen molar-refractivity contribution in [1.82, 2.24) is 4.90 Å². The SMILES string of the molecule is OC1CCN(C2COc3ccccc3C2)C1. The highest BCUT2D eigenvalue weighted by Gasteiger charge is 2.30. The summed E-state index contributed by atoms with van der Waals surface area (Å²) in [7, 11) is 0. The number of benzene rings is 1. The maximum Gasteiger partial charge on any atom is 0.122 e. The molecule has 0 spiro atoms. The summed E-state index contributed by atoms with van der Waals surface area (Å²) in [5.74, 6) is 1.03. The molecule has 2 atom stereocenters. The van der Waals surface area contributed by atoms with Crippen molar-refractivity contribution in [3.05, 3.63) is 29.8 Å². The van der Waals surface area contributed by atoms with Crippen molar-refractivity contribution in [2.75, 3.05) is 19.7 Å². The van der Waals surface area contributed by atoms with E-state index < -0.39 is 0 Å². The average molecular weight is 219 g/mol. The van der Waals surface area contributed by atoms with Crippen LogP contribution in [-0.2, 0) is 6.42 Å². The monoisotopic (exact) mass is 219 g/mol. The number of hydrogen-bond acceptors (Lipinski definition) is 3. The van der Waals surface area contributed by atoms with Gasteiger partial charge in [-0.15, -0.1) is 0 Å². The van der Waals surface area contributed by atoms with E-state index in [2.05, 4.69) is 17.0 Å². The van der Waals surface area contributed by atoms with Crippen molar-refractivity contribution >= 4 is 0 Å². The number of para-hydroxylation sites is 1. The lowest BCUT2D eigenvalue weighted by Gasteiger charge is -2.32. The molecule has 1 saturated heterocycles. The molecule has 0 radical (unpaired) electrons. The summed E-state index contributed by atoms with van der Waals surface area (Å²) in [6, 6.07) is 8.67. The molecule has 0 aromatic heterocycles. The van der Waals surface area contributed by atoms with Crippen LogP contribution in [0.5, 0.6) is 5.75 Å². The quantitative estimate of drug-likeness (QED) is 0.766. The zero-order valence-corrected chi connectivity index (χ0v) is 9.30. The van der Waals surface area contributed by atoms with Crippen molar-refractivity contribution in [3.63, 3.8) is 0 Å². The number of rotatable bonds is 1. The molecule has 1 N–H and O–H groups in total. The third-order valence-electron chi connectivity index (χ3n) is 3.57. The maximum atomic E-state index is 9.54. The number of likely N-dealkylation sites (tertiary alicyclic amines) is 1. The van der Waals surface area contributed by atoms with Gasteiger partial charge >= 0.3 is 0 Å². The minimum atomic E-state index is -0.142. The van der Waals surface area contributed by atoms with E-state index in [9.17, 15) is 5.11 Å². The van der Waals surface area contributed by atoms with E-state index in [1.807, 2.05) is 12.1 Å². The van der Waals surface area contributed by atoms with Crippen LogP contribution in [0.2, 0.25) is 0 Å². The summed E-state index contributed by atoms with van der Waals surface area (Å²) in [6.45, 7) is 2.55. The molecule has 3 rings (SSSR count). The van der Waals surface area contributed by atoms with Gasteiger partial charge in [0, 0.05) is 19.1 Å². The van der Waals surface area contributed by atoms with Gasteiger partial charge in [0.05, 0.1) is 6.10 Å². The minimum Gasteiger partial charge on any atom is -0.492 e. The van der Waals surface area contributed by atoms with Crippen LogP contribution in [0.4, 0.5) is 0 Å². The Bertz CT molecular complexity index is 380. The number of β-amino-alcohol motifs (C(OH)–C–C–N with tert-alkyl or cyclic N) is 1. The lowest BCUT2D eigenvalue weighted by atomic mass is 10.0. The average Bonchev–Trinajstić information content (AvgIpc) is 2.75. The summed E-state index contributed by atoms with van der Waals surface area (Å²) in [5.41, 5.74) is 1.29. The third-order valence-corrected chi connectivity index (χ3v) is 3.57. The Labute approximate surface area is 95.6 Å². The first-order valence-corrected chi connectivity index (χ1v) is 5.96. The summed E-state index contributed by atoms with van der Waals surface area (Å²) in [6.07, 6.45) is 1.80. The third kappa shape index (κ3) is 1.81. The molecule has 16 heavy (non-hydrogen) atoms. The standard InChI is InChI=1S/C13H17NO2/c15-12-5-6-14(8-12)11-7-10-3-1-2-4-13(10)16-9-11/h1-4,11-12,15H,5-9H2. The molecule has 2 unspecified atom stereocenters. The molecule has 3 heteroatoms. The smallest absolute Gasteiger partial charge is 0.122 e. The summed E-state index contributed by atoms with van der Waals surface area (Å²) in [4.78, 5) is 2.35. The summed E-state index contributed by atoms with van der Waals surface area (Å²) < 4.78 is 5.76. The zero-order valence-electron chi connectivity index (χ0n) is 9.30. The number of hydrogen-bond donors (Lipinski definition) is 1.